The molecule has 2 aromatic rings. The van der Waals surface area contributed by atoms with E-state index in [-0.39, 0.29) is 18.7 Å². The molecule has 0 radical (unpaired) electrons. The summed E-state index contributed by atoms with van der Waals surface area (Å²) in [6.07, 6.45) is 3.81. The maximum Gasteiger partial charge on any atom is 0.322 e. The van der Waals surface area contributed by atoms with Crippen LogP contribution in [0.15, 0.2) is 35.8 Å². The highest BCUT2D eigenvalue weighted by Crippen LogP contribution is 2.28. The van der Waals surface area contributed by atoms with E-state index in [1.807, 2.05) is 29.6 Å². The quantitative estimate of drug-likeness (QED) is 0.892. The van der Waals surface area contributed by atoms with Gasteiger partial charge in [0.1, 0.15) is 5.01 Å². The summed E-state index contributed by atoms with van der Waals surface area (Å²) in [5, 5.41) is 14.8. The summed E-state index contributed by atoms with van der Waals surface area (Å²) in [7, 11) is 0. The number of hydrogen-bond donors (Lipinski definition) is 2. The second kappa shape index (κ2) is 6.24. The lowest BCUT2D eigenvalue weighted by Crippen LogP contribution is -2.38. The Bertz CT molecular complexity index is 611. The van der Waals surface area contributed by atoms with Gasteiger partial charge in [0.2, 0.25) is 0 Å². The van der Waals surface area contributed by atoms with E-state index in [1.54, 1.807) is 22.4 Å². The van der Waals surface area contributed by atoms with Gasteiger partial charge in [0.25, 0.3) is 0 Å². The van der Waals surface area contributed by atoms with Crippen LogP contribution in [0, 0.1) is 0 Å². The molecule has 0 saturated heterocycles. The number of hydrogen-bond acceptors (Lipinski definition) is 4. The van der Waals surface area contributed by atoms with Crippen molar-refractivity contribution in [2.45, 2.75) is 18.9 Å². The lowest BCUT2D eigenvalue weighted by atomic mass is 10.2. The highest BCUT2D eigenvalue weighted by atomic mass is 32.1. The van der Waals surface area contributed by atoms with Gasteiger partial charge < -0.3 is 15.3 Å². The summed E-state index contributed by atoms with van der Waals surface area (Å²) < 4.78 is 0. The van der Waals surface area contributed by atoms with Crippen LogP contribution in [0.5, 0.6) is 0 Å². The molecule has 1 saturated carbocycles. The van der Waals surface area contributed by atoms with Gasteiger partial charge in [0.15, 0.2) is 0 Å². The fourth-order valence-electron chi connectivity index (χ4n) is 2.24. The van der Waals surface area contributed by atoms with Gasteiger partial charge in [-0.2, -0.15) is 0 Å². The number of aliphatic hydroxyl groups is 1. The third-order valence-electron chi connectivity index (χ3n) is 3.38. The number of aliphatic hydroxyl groups excluding tert-OH is 1. The van der Waals surface area contributed by atoms with Crippen LogP contribution in [-0.4, -0.2) is 40.2 Å². The molecular formula is C15H17N3O2S. The Labute approximate surface area is 127 Å². The first-order valence-electron chi connectivity index (χ1n) is 6.96. The maximum absolute atomic E-state index is 12.3. The van der Waals surface area contributed by atoms with Crippen LogP contribution < -0.4 is 5.32 Å². The maximum atomic E-state index is 12.3. The minimum Gasteiger partial charge on any atom is -0.395 e. The van der Waals surface area contributed by atoms with Crippen LogP contribution in [0.25, 0.3) is 10.6 Å². The number of nitrogens with one attached hydrogen (secondary N) is 1. The lowest BCUT2D eigenvalue weighted by molar-refractivity contribution is 0.185. The molecule has 3 rings (SSSR count). The molecular weight excluding hydrogens is 286 g/mol. The molecule has 1 aromatic carbocycles. The van der Waals surface area contributed by atoms with E-state index >= 15 is 0 Å². The van der Waals surface area contributed by atoms with E-state index in [1.165, 1.54) is 0 Å². The number of carbonyl (C=O) groups excluding carboxylic acids is 1. The predicted molar refractivity (Wildman–Crippen MR) is 83.4 cm³/mol. The Morgan fingerprint density at radius 1 is 1.48 bits per heavy atom. The summed E-state index contributed by atoms with van der Waals surface area (Å²) >= 11 is 1.57. The summed E-state index contributed by atoms with van der Waals surface area (Å²) in [6, 6.07) is 7.78. The first-order chi connectivity index (χ1) is 10.3. The molecule has 0 atom stereocenters. The molecule has 0 bridgehead atoms. The Hall–Kier alpha value is -1.92. The van der Waals surface area contributed by atoms with Crippen molar-refractivity contribution in [1.29, 1.82) is 0 Å². The average Bonchev–Trinajstić information content (AvgIpc) is 3.17. The van der Waals surface area contributed by atoms with Crippen molar-refractivity contribution in [3.63, 3.8) is 0 Å². The number of anilines is 1. The van der Waals surface area contributed by atoms with Crippen molar-refractivity contribution in [3.05, 3.63) is 35.8 Å². The summed E-state index contributed by atoms with van der Waals surface area (Å²) in [5.41, 5.74) is 1.74. The van der Waals surface area contributed by atoms with Crippen molar-refractivity contribution in [2.24, 2.45) is 0 Å². The van der Waals surface area contributed by atoms with Gasteiger partial charge in [-0.05, 0) is 25.0 Å². The number of carbonyl (C=O) groups is 1. The van der Waals surface area contributed by atoms with Crippen LogP contribution in [-0.2, 0) is 0 Å². The van der Waals surface area contributed by atoms with Crippen molar-refractivity contribution < 1.29 is 9.90 Å². The van der Waals surface area contributed by atoms with E-state index in [0.717, 1.165) is 29.1 Å². The smallest absolute Gasteiger partial charge is 0.322 e. The number of rotatable bonds is 5. The molecule has 0 aliphatic heterocycles. The Kier molecular flexibility index (Phi) is 4.17. The zero-order chi connectivity index (χ0) is 14.7. The van der Waals surface area contributed by atoms with Gasteiger partial charge in [0, 0.05) is 35.4 Å². The van der Waals surface area contributed by atoms with Gasteiger partial charge in [-0.1, -0.05) is 12.1 Å². The van der Waals surface area contributed by atoms with E-state index in [9.17, 15) is 4.79 Å². The predicted octanol–water partition coefficient (Wildman–Crippen LogP) is 2.80. The Morgan fingerprint density at radius 3 is 3.00 bits per heavy atom. The Morgan fingerprint density at radius 2 is 2.33 bits per heavy atom. The zero-order valence-corrected chi connectivity index (χ0v) is 12.3. The minimum atomic E-state index is -0.150. The van der Waals surface area contributed by atoms with Crippen LogP contribution in [0.4, 0.5) is 10.5 Å². The van der Waals surface area contributed by atoms with Crippen LogP contribution in [0.3, 0.4) is 0 Å². The molecule has 1 heterocycles. The number of nitrogens with zero attached hydrogens (tertiary/aromatic N) is 2. The van der Waals surface area contributed by atoms with Crippen molar-refractivity contribution in [1.82, 2.24) is 9.88 Å². The summed E-state index contributed by atoms with van der Waals surface area (Å²) in [4.78, 5) is 18.2. The Balaban J connectivity index is 1.72. The monoisotopic (exact) mass is 303 g/mol. The van der Waals surface area contributed by atoms with E-state index in [0.29, 0.717) is 6.54 Å². The normalized spacial score (nSPS) is 14.0. The van der Waals surface area contributed by atoms with Crippen molar-refractivity contribution in [3.8, 4) is 10.6 Å². The molecule has 6 heteroatoms. The fourth-order valence-corrected chi connectivity index (χ4v) is 2.87. The molecule has 21 heavy (non-hydrogen) atoms. The second-order valence-electron chi connectivity index (χ2n) is 5.00. The fraction of sp³-hybridized carbons (Fsp3) is 0.333. The molecule has 5 nitrogen and oxygen atoms in total. The van der Waals surface area contributed by atoms with Crippen molar-refractivity contribution in [2.75, 3.05) is 18.5 Å². The van der Waals surface area contributed by atoms with Gasteiger partial charge in [-0.15, -0.1) is 11.3 Å². The molecule has 1 aliphatic carbocycles. The standard InChI is InChI=1S/C15H17N3O2S/c19-8-7-18(13-4-5-13)15(20)17-12-3-1-2-11(10-12)14-16-6-9-21-14/h1-3,6,9-10,13,19H,4-5,7-8H2,(H,17,20). The number of thiazole rings is 1. The lowest BCUT2D eigenvalue weighted by Gasteiger charge is -2.21. The molecule has 2 amide bonds. The molecule has 1 fully saturated rings. The van der Waals surface area contributed by atoms with Crippen LogP contribution in [0.1, 0.15) is 12.8 Å². The zero-order valence-electron chi connectivity index (χ0n) is 11.5. The SMILES string of the molecule is O=C(Nc1cccc(-c2nccs2)c1)N(CCO)C1CC1. The van der Waals surface area contributed by atoms with Gasteiger partial charge in [0.05, 0.1) is 6.61 Å². The summed E-state index contributed by atoms with van der Waals surface area (Å²) in [5.74, 6) is 0. The number of aromatic nitrogens is 1. The molecule has 110 valence electrons. The van der Waals surface area contributed by atoms with Gasteiger partial charge in [-0.25, -0.2) is 9.78 Å². The third-order valence-corrected chi connectivity index (χ3v) is 4.20. The molecule has 0 unspecified atom stereocenters. The van der Waals surface area contributed by atoms with Gasteiger partial charge in [-0.3, -0.25) is 0 Å². The van der Waals surface area contributed by atoms with E-state index in [2.05, 4.69) is 10.3 Å². The average molecular weight is 303 g/mol. The highest BCUT2D eigenvalue weighted by Gasteiger charge is 2.32. The van der Waals surface area contributed by atoms with Crippen LogP contribution >= 0.6 is 11.3 Å². The third kappa shape index (κ3) is 3.40. The molecule has 1 aromatic heterocycles. The number of urea groups is 1. The molecule has 1 aliphatic rings. The van der Waals surface area contributed by atoms with Gasteiger partial charge >= 0.3 is 6.03 Å². The topological polar surface area (TPSA) is 65.5 Å². The minimum absolute atomic E-state index is 0.0108. The first-order valence-corrected chi connectivity index (χ1v) is 7.84. The van der Waals surface area contributed by atoms with Crippen LogP contribution in [0.2, 0.25) is 0 Å². The van der Waals surface area contributed by atoms with E-state index in [4.69, 9.17) is 5.11 Å². The second-order valence-corrected chi connectivity index (χ2v) is 5.89. The molecule has 0 spiro atoms. The number of benzene rings is 1. The first kappa shape index (κ1) is 14.0. The van der Waals surface area contributed by atoms with E-state index < -0.39 is 0 Å². The number of amides is 2. The molecule has 2 N–H and O–H groups in total. The largest absolute Gasteiger partial charge is 0.395 e. The highest BCUT2D eigenvalue weighted by molar-refractivity contribution is 7.13. The van der Waals surface area contributed by atoms with Crippen molar-refractivity contribution >= 4 is 23.1 Å². The summed E-state index contributed by atoms with van der Waals surface area (Å²) in [6.45, 7) is 0.367.